The zero-order valence-corrected chi connectivity index (χ0v) is 14.3. The van der Waals surface area contributed by atoms with Gasteiger partial charge in [0.05, 0.1) is 13.2 Å². The van der Waals surface area contributed by atoms with Crippen molar-refractivity contribution in [2.75, 3.05) is 26.3 Å². The van der Waals surface area contributed by atoms with E-state index in [9.17, 15) is 14.9 Å². The largest absolute Gasteiger partial charge is 0.467 e. The van der Waals surface area contributed by atoms with Crippen LogP contribution in [-0.4, -0.2) is 47.0 Å². The maximum absolute atomic E-state index is 13.0. The van der Waals surface area contributed by atoms with Gasteiger partial charge in [-0.3, -0.25) is 4.79 Å². The molecule has 2 heterocycles. The molecule has 8 heteroatoms. The number of amides is 1. The van der Waals surface area contributed by atoms with Crippen molar-refractivity contribution in [1.29, 1.82) is 0 Å². The Morgan fingerprint density at radius 1 is 1.23 bits per heavy atom. The van der Waals surface area contributed by atoms with Crippen molar-refractivity contribution in [2.24, 2.45) is 0 Å². The predicted octanol–water partition coefficient (Wildman–Crippen LogP) is 2.28. The van der Waals surface area contributed by atoms with Gasteiger partial charge in [0, 0.05) is 25.6 Å². The SMILES string of the molecule is Cc1ccc(O[C@@H](C(=O)N2CCOCC2)c2ccccc2)c([N+](=O)[O-])n1. The van der Waals surface area contributed by atoms with Crippen LogP contribution in [0.25, 0.3) is 0 Å². The Morgan fingerprint density at radius 2 is 1.92 bits per heavy atom. The first-order chi connectivity index (χ1) is 12.6. The highest BCUT2D eigenvalue weighted by molar-refractivity contribution is 5.83. The van der Waals surface area contributed by atoms with Gasteiger partial charge >= 0.3 is 5.82 Å². The molecular weight excluding hydrogens is 338 g/mol. The Morgan fingerprint density at radius 3 is 2.58 bits per heavy atom. The minimum atomic E-state index is -0.988. The molecule has 1 aromatic carbocycles. The van der Waals surface area contributed by atoms with Crippen molar-refractivity contribution >= 4 is 11.7 Å². The standard InChI is InChI=1S/C18H19N3O5/c1-13-7-8-15(17(19-13)21(23)24)26-16(14-5-3-2-4-6-14)18(22)20-9-11-25-12-10-20/h2-8,16H,9-12H2,1H3/t16-/m1/s1. The summed E-state index contributed by atoms with van der Waals surface area (Å²) in [5.41, 5.74) is 1.12. The van der Waals surface area contributed by atoms with E-state index in [1.807, 2.05) is 6.07 Å². The zero-order chi connectivity index (χ0) is 18.5. The fourth-order valence-electron chi connectivity index (χ4n) is 2.72. The van der Waals surface area contributed by atoms with Crippen LogP contribution in [0.4, 0.5) is 5.82 Å². The molecule has 2 aromatic rings. The molecule has 0 aliphatic carbocycles. The summed E-state index contributed by atoms with van der Waals surface area (Å²) in [5, 5.41) is 11.3. The molecule has 0 N–H and O–H groups in total. The van der Waals surface area contributed by atoms with Crippen LogP contribution in [0, 0.1) is 17.0 Å². The van der Waals surface area contributed by atoms with Crippen LogP contribution in [0.2, 0.25) is 0 Å². The van der Waals surface area contributed by atoms with Crippen LogP contribution in [-0.2, 0) is 9.53 Å². The fourth-order valence-corrected chi connectivity index (χ4v) is 2.72. The summed E-state index contributed by atoms with van der Waals surface area (Å²) < 4.78 is 11.1. The monoisotopic (exact) mass is 357 g/mol. The number of carbonyl (C=O) groups excluding carboxylic acids is 1. The molecule has 1 atom stereocenters. The molecule has 1 amide bonds. The van der Waals surface area contributed by atoms with E-state index >= 15 is 0 Å². The number of nitro groups is 1. The number of pyridine rings is 1. The summed E-state index contributed by atoms with van der Waals surface area (Å²) in [6, 6.07) is 12.0. The van der Waals surface area contributed by atoms with Crippen LogP contribution < -0.4 is 4.74 Å². The highest BCUT2D eigenvalue weighted by Gasteiger charge is 2.31. The Hall–Kier alpha value is -3.00. The van der Waals surface area contributed by atoms with Crippen molar-refractivity contribution in [3.63, 3.8) is 0 Å². The minimum Gasteiger partial charge on any atom is -0.467 e. The van der Waals surface area contributed by atoms with E-state index in [4.69, 9.17) is 9.47 Å². The second-order valence-corrected chi connectivity index (χ2v) is 5.88. The van der Waals surface area contributed by atoms with E-state index < -0.39 is 16.8 Å². The smallest absolute Gasteiger partial charge is 0.406 e. The number of benzene rings is 1. The van der Waals surface area contributed by atoms with Crippen LogP contribution in [0.1, 0.15) is 17.4 Å². The summed E-state index contributed by atoms with van der Waals surface area (Å²) in [5.74, 6) is -0.689. The molecule has 0 radical (unpaired) electrons. The van der Waals surface area contributed by atoms with Gasteiger partial charge in [-0.05, 0) is 22.0 Å². The number of aryl methyl sites for hydroxylation is 1. The van der Waals surface area contributed by atoms with Crippen molar-refractivity contribution < 1.29 is 19.2 Å². The number of hydrogen-bond acceptors (Lipinski definition) is 6. The molecule has 0 bridgehead atoms. The van der Waals surface area contributed by atoms with Gasteiger partial charge in [0.25, 0.3) is 5.91 Å². The first kappa shape index (κ1) is 17.8. The lowest BCUT2D eigenvalue weighted by Crippen LogP contribution is -2.44. The molecular formula is C18H19N3O5. The number of nitrogens with zero attached hydrogens (tertiary/aromatic N) is 3. The highest BCUT2D eigenvalue weighted by Crippen LogP contribution is 2.30. The lowest BCUT2D eigenvalue weighted by Gasteiger charge is -2.30. The van der Waals surface area contributed by atoms with Crippen molar-refractivity contribution in [3.05, 3.63) is 63.8 Å². The molecule has 1 saturated heterocycles. The molecule has 1 aliphatic rings. The normalized spacial score (nSPS) is 15.3. The molecule has 3 rings (SSSR count). The van der Waals surface area contributed by atoms with Gasteiger partial charge in [0.1, 0.15) is 5.69 Å². The van der Waals surface area contributed by atoms with E-state index in [2.05, 4.69) is 4.98 Å². The summed E-state index contributed by atoms with van der Waals surface area (Å²) in [4.78, 5) is 29.3. The Balaban J connectivity index is 1.94. The van der Waals surface area contributed by atoms with Crippen LogP contribution in [0.3, 0.4) is 0 Å². The molecule has 1 aliphatic heterocycles. The van der Waals surface area contributed by atoms with E-state index in [0.29, 0.717) is 37.6 Å². The van der Waals surface area contributed by atoms with Crippen molar-refractivity contribution in [2.45, 2.75) is 13.0 Å². The van der Waals surface area contributed by atoms with Gasteiger partial charge < -0.3 is 24.5 Å². The third kappa shape index (κ3) is 3.97. The number of ether oxygens (including phenoxy) is 2. The molecule has 26 heavy (non-hydrogen) atoms. The lowest BCUT2D eigenvalue weighted by atomic mass is 10.1. The Bertz CT molecular complexity index is 791. The summed E-state index contributed by atoms with van der Waals surface area (Å²) >= 11 is 0. The Labute approximate surface area is 150 Å². The first-order valence-corrected chi connectivity index (χ1v) is 8.26. The molecule has 1 aromatic heterocycles. The number of hydrogen-bond donors (Lipinski definition) is 0. The zero-order valence-electron chi connectivity index (χ0n) is 14.3. The highest BCUT2D eigenvalue weighted by atomic mass is 16.6. The topological polar surface area (TPSA) is 94.8 Å². The molecule has 136 valence electrons. The Kier molecular flexibility index (Phi) is 5.43. The second-order valence-electron chi connectivity index (χ2n) is 5.88. The summed E-state index contributed by atoms with van der Waals surface area (Å²) in [6.07, 6.45) is -0.988. The van der Waals surface area contributed by atoms with Crippen molar-refractivity contribution in [3.8, 4) is 5.75 Å². The maximum Gasteiger partial charge on any atom is 0.406 e. The van der Waals surface area contributed by atoms with E-state index in [1.54, 1.807) is 42.2 Å². The molecule has 0 saturated carbocycles. The fraction of sp³-hybridized carbons (Fsp3) is 0.333. The average Bonchev–Trinajstić information content (AvgIpc) is 2.67. The van der Waals surface area contributed by atoms with Gasteiger partial charge in [0.15, 0.2) is 0 Å². The van der Waals surface area contributed by atoms with Crippen LogP contribution >= 0.6 is 0 Å². The third-order valence-electron chi connectivity index (χ3n) is 4.05. The first-order valence-electron chi connectivity index (χ1n) is 8.26. The quantitative estimate of drug-likeness (QED) is 0.602. The van der Waals surface area contributed by atoms with E-state index in [-0.39, 0.29) is 11.7 Å². The molecule has 8 nitrogen and oxygen atoms in total. The molecule has 1 fully saturated rings. The molecule has 0 spiro atoms. The van der Waals surface area contributed by atoms with Crippen molar-refractivity contribution in [1.82, 2.24) is 9.88 Å². The number of aromatic nitrogens is 1. The average molecular weight is 357 g/mol. The van der Waals surface area contributed by atoms with Gasteiger partial charge in [-0.15, -0.1) is 0 Å². The summed E-state index contributed by atoms with van der Waals surface area (Å²) in [6.45, 7) is 3.49. The van der Waals surface area contributed by atoms with E-state index in [1.165, 1.54) is 6.07 Å². The van der Waals surface area contributed by atoms with Crippen LogP contribution in [0.15, 0.2) is 42.5 Å². The number of carbonyl (C=O) groups is 1. The second kappa shape index (κ2) is 7.92. The van der Waals surface area contributed by atoms with Gasteiger partial charge in [0.2, 0.25) is 11.9 Å². The predicted molar refractivity (Wildman–Crippen MR) is 92.8 cm³/mol. The van der Waals surface area contributed by atoms with Gasteiger partial charge in [-0.2, -0.15) is 0 Å². The summed E-state index contributed by atoms with van der Waals surface area (Å²) in [7, 11) is 0. The molecule has 0 unspecified atom stereocenters. The number of morpholine rings is 1. The maximum atomic E-state index is 13.0. The van der Waals surface area contributed by atoms with Crippen LogP contribution in [0.5, 0.6) is 5.75 Å². The van der Waals surface area contributed by atoms with Gasteiger partial charge in [-0.1, -0.05) is 30.3 Å². The third-order valence-corrected chi connectivity index (χ3v) is 4.05. The van der Waals surface area contributed by atoms with Gasteiger partial charge in [-0.25, -0.2) is 0 Å². The lowest BCUT2D eigenvalue weighted by molar-refractivity contribution is -0.390. The minimum absolute atomic E-state index is 0.0314. The number of rotatable bonds is 5. The van der Waals surface area contributed by atoms with E-state index in [0.717, 1.165) is 0 Å².